The van der Waals surface area contributed by atoms with Gasteiger partial charge in [0.2, 0.25) is 5.91 Å². The molecule has 6 heteroatoms. The summed E-state index contributed by atoms with van der Waals surface area (Å²) in [5.41, 5.74) is 0. The van der Waals surface area contributed by atoms with Crippen molar-refractivity contribution in [3.63, 3.8) is 0 Å². The van der Waals surface area contributed by atoms with Crippen molar-refractivity contribution in [2.45, 2.75) is 58.3 Å². The van der Waals surface area contributed by atoms with E-state index in [4.69, 9.17) is 0 Å². The van der Waals surface area contributed by atoms with Gasteiger partial charge < -0.3 is 10.2 Å². The second-order valence-corrected chi connectivity index (χ2v) is 5.48. The summed E-state index contributed by atoms with van der Waals surface area (Å²) in [7, 11) is 0. The third-order valence-corrected chi connectivity index (χ3v) is 3.64. The molecule has 112 valence electrons. The van der Waals surface area contributed by atoms with E-state index >= 15 is 0 Å². The second kappa shape index (κ2) is 6.59. The van der Waals surface area contributed by atoms with E-state index in [9.17, 15) is 18.0 Å². The largest absolute Gasteiger partial charge is 0.406 e. The van der Waals surface area contributed by atoms with Crippen LogP contribution in [0, 0.1) is 5.92 Å². The minimum atomic E-state index is -4.35. The fourth-order valence-corrected chi connectivity index (χ4v) is 2.46. The lowest BCUT2D eigenvalue weighted by atomic mass is 9.89. The summed E-state index contributed by atoms with van der Waals surface area (Å²) in [6.07, 6.45) is -1.76. The van der Waals surface area contributed by atoms with E-state index in [1.807, 2.05) is 6.92 Å². The molecular weight excluding hydrogens is 257 g/mol. The Hall–Kier alpha value is -0.780. The quantitative estimate of drug-likeness (QED) is 0.858. The maximum atomic E-state index is 12.5. The van der Waals surface area contributed by atoms with Crippen LogP contribution < -0.4 is 5.32 Å². The number of nitrogens with zero attached hydrogens (tertiary/aromatic N) is 1. The van der Waals surface area contributed by atoms with E-state index in [1.165, 1.54) is 0 Å². The van der Waals surface area contributed by atoms with Gasteiger partial charge in [-0.1, -0.05) is 13.3 Å². The number of carbonyl (C=O) groups is 1. The van der Waals surface area contributed by atoms with E-state index in [0.717, 1.165) is 17.7 Å². The number of nitrogens with one attached hydrogen (secondary N) is 1. The first-order valence-corrected chi connectivity index (χ1v) is 6.85. The van der Waals surface area contributed by atoms with E-state index in [2.05, 4.69) is 5.32 Å². The van der Waals surface area contributed by atoms with E-state index in [0.29, 0.717) is 18.9 Å². The van der Waals surface area contributed by atoms with Gasteiger partial charge in [-0.15, -0.1) is 0 Å². The highest BCUT2D eigenvalue weighted by atomic mass is 19.4. The van der Waals surface area contributed by atoms with Crippen LogP contribution in [0.3, 0.4) is 0 Å². The Bertz CT molecular complexity index is 305. The van der Waals surface area contributed by atoms with Crippen molar-refractivity contribution in [1.82, 2.24) is 10.2 Å². The predicted molar refractivity (Wildman–Crippen MR) is 67.7 cm³/mol. The van der Waals surface area contributed by atoms with Crippen LogP contribution in [0.2, 0.25) is 0 Å². The van der Waals surface area contributed by atoms with Gasteiger partial charge in [-0.2, -0.15) is 13.2 Å². The molecule has 1 saturated heterocycles. The predicted octanol–water partition coefficient (Wildman–Crippen LogP) is 2.56. The molecular formula is C13H23F3N2O. The van der Waals surface area contributed by atoms with Crippen LogP contribution in [-0.4, -0.2) is 42.2 Å². The Kier molecular flexibility index (Phi) is 5.64. The third kappa shape index (κ3) is 5.01. The molecule has 0 aliphatic carbocycles. The normalized spacial score (nSPS) is 24.6. The number of carbonyl (C=O) groups excluding carboxylic acids is 1. The van der Waals surface area contributed by atoms with Gasteiger partial charge in [-0.25, -0.2) is 0 Å². The SMILES string of the molecule is CCC1CCNC(C(=O)N(CC(F)(F)F)C(C)C)C1. The van der Waals surface area contributed by atoms with Crippen LogP contribution in [0.5, 0.6) is 0 Å². The summed E-state index contributed by atoms with van der Waals surface area (Å²) in [5.74, 6) is 0.000531. The van der Waals surface area contributed by atoms with Crippen LogP contribution in [-0.2, 0) is 4.79 Å². The van der Waals surface area contributed by atoms with Crippen molar-refractivity contribution in [1.29, 1.82) is 0 Å². The van der Waals surface area contributed by atoms with E-state index in [1.54, 1.807) is 13.8 Å². The molecule has 1 aliphatic rings. The summed E-state index contributed by atoms with van der Waals surface area (Å²) < 4.78 is 37.6. The standard InChI is InChI=1S/C13H23F3N2O/c1-4-10-5-6-17-11(7-10)12(19)18(9(2)3)8-13(14,15)16/h9-11,17H,4-8H2,1-3H3. The summed E-state index contributed by atoms with van der Waals surface area (Å²) in [4.78, 5) is 13.2. The molecule has 3 nitrogen and oxygen atoms in total. The molecule has 2 unspecified atom stereocenters. The minimum absolute atomic E-state index is 0.425. The molecule has 1 fully saturated rings. The van der Waals surface area contributed by atoms with Gasteiger partial charge in [-0.05, 0) is 39.2 Å². The highest BCUT2D eigenvalue weighted by molar-refractivity contribution is 5.82. The maximum Gasteiger partial charge on any atom is 0.406 e. The summed E-state index contributed by atoms with van der Waals surface area (Å²) in [5, 5.41) is 3.05. The van der Waals surface area contributed by atoms with Crippen molar-refractivity contribution in [2.24, 2.45) is 5.92 Å². The van der Waals surface area contributed by atoms with Crippen molar-refractivity contribution in [3.8, 4) is 0 Å². The zero-order valence-electron chi connectivity index (χ0n) is 11.8. The summed E-state index contributed by atoms with van der Waals surface area (Å²) in [6, 6.07) is -0.915. The lowest BCUT2D eigenvalue weighted by Crippen LogP contribution is -2.54. The number of rotatable bonds is 4. The zero-order chi connectivity index (χ0) is 14.6. The number of amides is 1. The third-order valence-electron chi connectivity index (χ3n) is 3.64. The Morgan fingerprint density at radius 2 is 2.05 bits per heavy atom. The van der Waals surface area contributed by atoms with Crippen LogP contribution in [0.1, 0.15) is 40.0 Å². The molecule has 0 spiro atoms. The fourth-order valence-electron chi connectivity index (χ4n) is 2.46. The monoisotopic (exact) mass is 280 g/mol. The van der Waals surface area contributed by atoms with Gasteiger partial charge in [0.15, 0.2) is 0 Å². The number of hydrogen-bond acceptors (Lipinski definition) is 2. The molecule has 0 radical (unpaired) electrons. The lowest BCUT2D eigenvalue weighted by Gasteiger charge is -2.35. The van der Waals surface area contributed by atoms with Crippen LogP contribution in [0.4, 0.5) is 13.2 Å². The summed E-state index contributed by atoms with van der Waals surface area (Å²) >= 11 is 0. The van der Waals surface area contributed by atoms with Crippen molar-refractivity contribution >= 4 is 5.91 Å². The smallest absolute Gasteiger partial charge is 0.330 e. The molecule has 0 aromatic heterocycles. The molecule has 1 N–H and O–H groups in total. The van der Waals surface area contributed by atoms with Gasteiger partial charge in [0.1, 0.15) is 6.54 Å². The first-order chi connectivity index (χ1) is 8.74. The molecule has 2 atom stereocenters. The first kappa shape index (κ1) is 16.3. The molecule has 1 heterocycles. The Morgan fingerprint density at radius 3 is 2.53 bits per heavy atom. The Balaban J connectivity index is 2.70. The first-order valence-electron chi connectivity index (χ1n) is 6.85. The molecule has 0 aromatic rings. The van der Waals surface area contributed by atoms with Gasteiger partial charge in [-0.3, -0.25) is 4.79 Å². The molecule has 0 saturated carbocycles. The van der Waals surface area contributed by atoms with Crippen molar-refractivity contribution in [3.05, 3.63) is 0 Å². The van der Waals surface area contributed by atoms with Gasteiger partial charge in [0.25, 0.3) is 0 Å². The Morgan fingerprint density at radius 1 is 1.42 bits per heavy atom. The van der Waals surface area contributed by atoms with E-state index < -0.39 is 30.7 Å². The minimum Gasteiger partial charge on any atom is -0.330 e. The maximum absolute atomic E-state index is 12.5. The average molecular weight is 280 g/mol. The van der Waals surface area contributed by atoms with Gasteiger partial charge >= 0.3 is 6.18 Å². The highest BCUT2D eigenvalue weighted by Crippen LogP contribution is 2.23. The van der Waals surface area contributed by atoms with Crippen LogP contribution in [0.15, 0.2) is 0 Å². The zero-order valence-corrected chi connectivity index (χ0v) is 11.8. The fraction of sp³-hybridized carbons (Fsp3) is 0.923. The van der Waals surface area contributed by atoms with Crippen LogP contribution in [0.25, 0.3) is 0 Å². The van der Waals surface area contributed by atoms with Crippen LogP contribution >= 0.6 is 0 Å². The summed E-state index contributed by atoms with van der Waals surface area (Å²) in [6.45, 7) is 4.81. The van der Waals surface area contributed by atoms with Crippen molar-refractivity contribution < 1.29 is 18.0 Å². The topological polar surface area (TPSA) is 32.3 Å². The molecule has 1 aliphatic heterocycles. The second-order valence-electron chi connectivity index (χ2n) is 5.48. The number of halogens is 3. The van der Waals surface area contributed by atoms with E-state index in [-0.39, 0.29) is 0 Å². The molecule has 19 heavy (non-hydrogen) atoms. The highest BCUT2D eigenvalue weighted by Gasteiger charge is 2.37. The molecule has 0 bridgehead atoms. The van der Waals surface area contributed by atoms with Gasteiger partial charge in [0, 0.05) is 6.04 Å². The molecule has 0 aromatic carbocycles. The number of piperidine rings is 1. The van der Waals surface area contributed by atoms with Gasteiger partial charge in [0.05, 0.1) is 6.04 Å². The van der Waals surface area contributed by atoms with Crippen molar-refractivity contribution in [2.75, 3.05) is 13.1 Å². The average Bonchev–Trinajstić information content (AvgIpc) is 2.34. The number of hydrogen-bond donors (Lipinski definition) is 1. The molecule has 1 rings (SSSR count). The molecule has 1 amide bonds. The number of alkyl halides is 3. The lowest BCUT2D eigenvalue weighted by molar-refractivity contribution is -0.166. The Labute approximate surface area is 112 Å².